The number of carbonyl (C=O) groups is 2. The molecule has 5 nitrogen and oxygen atoms in total. The van der Waals surface area contributed by atoms with Crippen molar-refractivity contribution in [2.24, 2.45) is 0 Å². The van der Waals surface area contributed by atoms with Gasteiger partial charge in [-0.25, -0.2) is 9.78 Å². The van der Waals surface area contributed by atoms with Crippen molar-refractivity contribution in [3.8, 4) is 0 Å². The molecule has 0 aliphatic carbocycles. The highest BCUT2D eigenvalue weighted by Gasteiger charge is 2.22. The van der Waals surface area contributed by atoms with Crippen LogP contribution in [0.25, 0.3) is 4.96 Å². The van der Waals surface area contributed by atoms with E-state index in [1.807, 2.05) is 0 Å². The lowest BCUT2D eigenvalue weighted by Gasteiger charge is -1.97. The molecule has 2 aromatic rings. The van der Waals surface area contributed by atoms with E-state index in [9.17, 15) is 9.59 Å². The molecule has 0 bridgehead atoms. The molecule has 0 spiro atoms. The average Bonchev–Trinajstić information content (AvgIpc) is 2.62. The first-order valence-corrected chi connectivity index (χ1v) is 5.47. The van der Waals surface area contributed by atoms with Crippen LogP contribution in [0.4, 0.5) is 0 Å². The third-order valence-electron chi connectivity index (χ3n) is 2.40. The summed E-state index contributed by atoms with van der Waals surface area (Å²) in [6.45, 7) is 4.84. The minimum absolute atomic E-state index is 0.0676. The molecule has 0 atom stereocenters. The van der Waals surface area contributed by atoms with Gasteiger partial charge in [0, 0.05) is 12.6 Å². The third kappa shape index (κ3) is 1.34. The number of ketones is 1. The second-order valence-electron chi connectivity index (χ2n) is 3.54. The largest absolute Gasteiger partial charge is 0.477 e. The maximum absolute atomic E-state index is 11.3. The molecule has 2 aromatic heterocycles. The van der Waals surface area contributed by atoms with Gasteiger partial charge in [0.05, 0.1) is 10.6 Å². The third-order valence-corrected chi connectivity index (χ3v) is 3.64. The average molecular weight is 238 g/mol. The summed E-state index contributed by atoms with van der Waals surface area (Å²) >= 11 is 1.22. The Labute approximate surface area is 95.4 Å². The summed E-state index contributed by atoms with van der Waals surface area (Å²) in [5.74, 6) is -1.09. The van der Waals surface area contributed by atoms with Crippen molar-refractivity contribution in [1.82, 2.24) is 9.38 Å². The molecule has 2 heterocycles. The van der Waals surface area contributed by atoms with Gasteiger partial charge in [0.2, 0.25) is 0 Å². The molecule has 0 aromatic carbocycles. The Morgan fingerprint density at radius 1 is 1.38 bits per heavy atom. The number of hydrogen-bond donors (Lipinski definition) is 1. The van der Waals surface area contributed by atoms with Gasteiger partial charge in [0.15, 0.2) is 16.4 Å². The van der Waals surface area contributed by atoms with E-state index in [4.69, 9.17) is 5.11 Å². The second kappa shape index (κ2) is 3.41. The van der Waals surface area contributed by atoms with Gasteiger partial charge < -0.3 is 5.11 Å². The van der Waals surface area contributed by atoms with Gasteiger partial charge >= 0.3 is 5.97 Å². The van der Waals surface area contributed by atoms with Crippen molar-refractivity contribution >= 4 is 28.1 Å². The number of carbonyl (C=O) groups excluding carboxylic acids is 1. The fourth-order valence-electron chi connectivity index (χ4n) is 1.73. The summed E-state index contributed by atoms with van der Waals surface area (Å²) in [4.78, 5) is 27.7. The first-order chi connectivity index (χ1) is 7.43. The Morgan fingerprint density at radius 3 is 2.50 bits per heavy atom. The fourth-order valence-corrected chi connectivity index (χ4v) is 2.79. The van der Waals surface area contributed by atoms with Crippen LogP contribution in [0.15, 0.2) is 0 Å². The highest BCUT2D eigenvalue weighted by atomic mass is 32.1. The number of aromatic carboxylic acids is 1. The number of carboxylic acid groups (broad SMARTS) is 1. The van der Waals surface area contributed by atoms with Crippen molar-refractivity contribution in [2.75, 3.05) is 0 Å². The number of fused-ring (bicyclic) bond motifs is 1. The lowest BCUT2D eigenvalue weighted by atomic mass is 10.3. The van der Waals surface area contributed by atoms with Gasteiger partial charge in [-0.3, -0.25) is 9.20 Å². The van der Waals surface area contributed by atoms with E-state index in [0.29, 0.717) is 21.2 Å². The molecule has 1 N–H and O–H groups in total. The van der Waals surface area contributed by atoms with Crippen LogP contribution in [0, 0.1) is 13.8 Å². The second-order valence-corrected chi connectivity index (χ2v) is 4.52. The Morgan fingerprint density at radius 2 is 2.00 bits per heavy atom. The normalized spacial score (nSPS) is 10.9. The standard InChI is InChI=1S/C10H10N2O3S/c1-4-7(9(14)15)12-5(2)8(6(3)13)16-10(12)11-4/h1-3H3,(H,14,15). The predicted molar refractivity (Wildman–Crippen MR) is 59.5 cm³/mol. The lowest BCUT2D eigenvalue weighted by molar-refractivity contribution is 0.0688. The molecular formula is C10H10N2O3S. The van der Waals surface area contributed by atoms with Crippen LogP contribution in [-0.2, 0) is 0 Å². The van der Waals surface area contributed by atoms with Gasteiger partial charge in [0.1, 0.15) is 0 Å². The van der Waals surface area contributed by atoms with Gasteiger partial charge in [0.25, 0.3) is 0 Å². The highest BCUT2D eigenvalue weighted by Crippen LogP contribution is 2.26. The summed E-state index contributed by atoms with van der Waals surface area (Å²) in [5, 5.41) is 9.08. The number of rotatable bonds is 2. The molecule has 84 valence electrons. The van der Waals surface area contributed by atoms with Gasteiger partial charge in [-0.05, 0) is 13.8 Å². The first-order valence-electron chi connectivity index (χ1n) is 4.66. The van der Waals surface area contributed by atoms with Crippen LogP contribution in [-0.4, -0.2) is 26.2 Å². The Balaban J connectivity index is 2.86. The van der Waals surface area contributed by atoms with E-state index in [-0.39, 0.29) is 11.5 Å². The van der Waals surface area contributed by atoms with Crippen molar-refractivity contribution in [1.29, 1.82) is 0 Å². The minimum atomic E-state index is -1.03. The molecule has 16 heavy (non-hydrogen) atoms. The number of aryl methyl sites for hydroxylation is 2. The number of imidazole rings is 1. The predicted octanol–water partition coefficient (Wildman–Crippen LogP) is 1.91. The van der Waals surface area contributed by atoms with Crippen molar-refractivity contribution < 1.29 is 14.7 Å². The van der Waals surface area contributed by atoms with E-state index in [0.717, 1.165) is 0 Å². The lowest BCUT2D eigenvalue weighted by Crippen LogP contribution is -2.05. The van der Waals surface area contributed by atoms with E-state index in [1.54, 1.807) is 13.8 Å². The topological polar surface area (TPSA) is 71.7 Å². The number of hydrogen-bond acceptors (Lipinski definition) is 4. The molecule has 0 aliphatic rings. The maximum Gasteiger partial charge on any atom is 0.354 e. The quantitative estimate of drug-likeness (QED) is 0.811. The Bertz CT molecular complexity index is 609. The number of Topliss-reactive ketones (excluding diaryl/α,β-unsaturated/α-hetero) is 1. The van der Waals surface area contributed by atoms with E-state index in [1.165, 1.54) is 22.7 Å². The van der Waals surface area contributed by atoms with Crippen molar-refractivity contribution in [3.63, 3.8) is 0 Å². The van der Waals surface area contributed by atoms with Crippen LogP contribution in [0.3, 0.4) is 0 Å². The van der Waals surface area contributed by atoms with Crippen molar-refractivity contribution in [3.05, 3.63) is 22.0 Å². The summed E-state index contributed by atoms with van der Waals surface area (Å²) in [5.41, 5.74) is 1.25. The summed E-state index contributed by atoms with van der Waals surface area (Å²) in [7, 11) is 0. The molecule has 0 aliphatic heterocycles. The van der Waals surface area contributed by atoms with Crippen LogP contribution in [0.5, 0.6) is 0 Å². The van der Waals surface area contributed by atoms with Gasteiger partial charge in [-0.2, -0.15) is 0 Å². The molecule has 0 unspecified atom stereocenters. The van der Waals surface area contributed by atoms with E-state index < -0.39 is 5.97 Å². The SMILES string of the molecule is CC(=O)c1sc2nc(C)c(C(=O)O)n2c1C. The zero-order valence-corrected chi connectivity index (χ0v) is 9.88. The number of aromatic nitrogens is 2. The molecule has 0 saturated carbocycles. The zero-order valence-electron chi connectivity index (χ0n) is 9.07. The van der Waals surface area contributed by atoms with E-state index >= 15 is 0 Å². The summed E-state index contributed by atoms with van der Waals surface area (Å²) < 4.78 is 1.53. The Kier molecular flexibility index (Phi) is 2.31. The van der Waals surface area contributed by atoms with Crippen molar-refractivity contribution in [2.45, 2.75) is 20.8 Å². The molecule has 0 amide bonds. The smallest absolute Gasteiger partial charge is 0.354 e. The molecule has 0 saturated heterocycles. The first kappa shape index (κ1) is 10.8. The van der Waals surface area contributed by atoms with E-state index in [2.05, 4.69) is 4.98 Å². The van der Waals surface area contributed by atoms with Crippen LogP contribution >= 0.6 is 11.3 Å². The Hall–Kier alpha value is -1.69. The fraction of sp³-hybridized carbons (Fsp3) is 0.300. The molecule has 2 rings (SSSR count). The molecule has 6 heteroatoms. The van der Waals surface area contributed by atoms with Crippen LogP contribution in [0.1, 0.15) is 38.5 Å². The minimum Gasteiger partial charge on any atom is -0.477 e. The number of nitrogens with zero attached hydrogens (tertiary/aromatic N) is 2. The van der Waals surface area contributed by atoms with Crippen LogP contribution in [0.2, 0.25) is 0 Å². The summed E-state index contributed by atoms with van der Waals surface area (Å²) in [6, 6.07) is 0. The molecule has 0 fully saturated rings. The monoisotopic (exact) mass is 238 g/mol. The molecular weight excluding hydrogens is 228 g/mol. The summed E-state index contributed by atoms with van der Waals surface area (Å²) in [6.07, 6.45) is 0. The number of carboxylic acids is 1. The molecule has 0 radical (unpaired) electrons. The van der Waals surface area contributed by atoms with Gasteiger partial charge in [-0.15, -0.1) is 0 Å². The number of thiazole rings is 1. The highest BCUT2D eigenvalue weighted by molar-refractivity contribution is 7.19. The maximum atomic E-state index is 11.3. The van der Waals surface area contributed by atoms with Crippen LogP contribution < -0.4 is 0 Å². The zero-order chi connectivity index (χ0) is 12.0. The van der Waals surface area contributed by atoms with Gasteiger partial charge in [-0.1, -0.05) is 11.3 Å².